The van der Waals surface area contributed by atoms with Crippen LogP contribution in [-0.4, -0.2) is 36.5 Å². The molecule has 1 aromatic carbocycles. The van der Waals surface area contributed by atoms with Crippen LogP contribution in [0.3, 0.4) is 0 Å². The van der Waals surface area contributed by atoms with Crippen LogP contribution in [-0.2, 0) is 16.0 Å². The van der Waals surface area contributed by atoms with Crippen LogP contribution in [0.5, 0.6) is 0 Å². The number of carbonyl (C=O) groups excluding carboxylic acids is 2. The molecular formula is C17H19N3O2. The van der Waals surface area contributed by atoms with E-state index in [1.807, 2.05) is 44.2 Å². The fraction of sp³-hybridized carbons (Fsp3) is 0.353. The zero-order valence-corrected chi connectivity index (χ0v) is 12.9. The number of nitrogens with zero attached hydrogens (tertiary/aromatic N) is 3. The first-order valence-corrected chi connectivity index (χ1v) is 7.19. The number of nitriles is 1. The van der Waals surface area contributed by atoms with Gasteiger partial charge < -0.3 is 4.90 Å². The molecule has 0 atom stereocenters. The van der Waals surface area contributed by atoms with Crippen molar-refractivity contribution in [3.63, 3.8) is 0 Å². The molecule has 0 saturated heterocycles. The Morgan fingerprint density at radius 2 is 2.09 bits per heavy atom. The van der Waals surface area contributed by atoms with Gasteiger partial charge in [0.05, 0.1) is 6.54 Å². The predicted octanol–water partition coefficient (Wildman–Crippen LogP) is 2.34. The van der Waals surface area contributed by atoms with Crippen molar-refractivity contribution in [2.75, 3.05) is 19.6 Å². The van der Waals surface area contributed by atoms with Gasteiger partial charge in [-0.3, -0.25) is 4.79 Å². The molecule has 1 amide bonds. The van der Waals surface area contributed by atoms with Crippen LogP contribution in [0, 0.1) is 11.3 Å². The molecule has 0 aliphatic rings. The standard InChI is InChI=1S/C17H19N3O2/c1-3-20(4-2)17(22)16(12-18)11-15-7-5-6-14(10-15)8-9-19-13-21/h5-7,10-11H,3-4,8-9H2,1-2H3. The van der Waals surface area contributed by atoms with E-state index in [0.29, 0.717) is 26.1 Å². The summed E-state index contributed by atoms with van der Waals surface area (Å²) < 4.78 is 0. The third-order valence-corrected chi connectivity index (χ3v) is 3.24. The lowest BCUT2D eigenvalue weighted by Gasteiger charge is -2.17. The first-order chi connectivity index (χ1) is 10.7. The van der Waals surface area contributed by atoms with Crippen molar-refractivity contribution < 1.29 is 9.59 Å². The molecule has 22 heavy (non-hydrogen) atoms. The lowest BCUT2D eigenvalue weighted by molar-refractivity contribution is -0.126. The molecular weight excluding hydrogens is 278 g/mol. The number of aliphatic imine (C=N–C) groups is 1. The van der Waals surface area contributed by atoms with E-state index in [1.165, 1.54) is 6.08 Å². The zero-order valence-electron chi connectivity index (χ0n) is 12.9. The normalized spacial score (nSPS) is 10.5. The summed E-state index contributed by atoms with van der Waals surface area (Å²) in [7, 11) is 0. The van der Waals surface area contributed by atoms with Gasteiger partial charge in [-0.05, 0) is 37.5 Å². The van der Waals surface area contributed by atoms with E-state index in [9.17, 15) is 14.9 Å². The highest BCUT2D eigenvalue weighted by molar-refractivity contribution is 6.01. The maximum Gasteiger partial charge on any atom is 0.264 e. The van der Waals surface area contributed by atoms with E-state index in [1.54, 1.807) is 11.0 Å². The van der Waals surface area contributed by atoms with Gasteiger partial charge >= 0.3 is 0 Å². The van der Waals surface area contributed by atoms with Crippen LogP contribution in [0.1, 0.15) is 25.0 Å². The van der Waals surface area contributed by atoms with Gasteiger partial charge in [0.2, 0.25) is 6.08 Å². The Balaban J connectivity index is 2.98. The smallest absolute Gasteiger partial charge is 0.264 e. The molecule has 0 fully saturated rings. The molecule has 5 heteroatoms. The van der Waals surface area contributed by atoms with Gasteiger partial charge in [0, 0.05) is 13.1 Å². The average Bonchev–Trinajstić information content (AvgIpc) is 2.54. The Morgan fingerprint density at radius 1 is 1.36 bits per heavy atom. The first kappa shape index (κ1) is 17.4. The maximum atomic E-state index is 12.2. The average molecular weight is 297 g/mol. The first-order valence-electron chi connectivity index (χ1n) is 7.19. The third kappa shape index (κ3) is 5.01. The monoisotopic (exact) mass is 297 g/mol. The van der Waals surface area contributed by atoms with Crippen molar-refractivity contribution in [3.8, 4) is 6.07 Å². The number of isocyanates is 1. The quantitative estimate of drug-likeness (QED) is 0.335. The van der Waals surface area contributed by atoms with E-state index in [4.69, 9.17) is 0 Å². The van der Waals surface area contributed by atoms with Gasteiger partial charge in [0.25, 0.3) is 5.91 Å². The minimum Gasteiger partial charge on any atom is -0.339 e. The number of hydrogen-bond donors (Lipinski definition) is 0. The molecule has 0 heterocycles. The Hall–Kier alpha value is -2.70. The number of rotatable bonds is 7. The van der Waals surface area contributed by atoms with Crippen molar-refractivity contribution in [2.24, 2.45) is 4.99 Å². The summed E-state index contributed by atoms with van der Waals surface area (Å²) in [4.78, 5) is 27.4. The predicted molar refractivity (Wildman–Crippen MR) is 84.7 cm³/mol. The lowest BCUT2D eigenvalue weighted by atomic mass is 10.1. The van der Waals surface area contributed by atoms with Crippen molar-refractivity contribution in [2.45, 2.75) is 20.3 Å². The lowest BCUT2D eigenvalue weighted by Crippen LogP contribution is -2.31. The molecule has 0 aliphatic carbocycles. The van der Waals surface area contributed by atoms with Gasteiger partial charge in [0.1, 0.15) is 11.6 Å². The van der Waals surface area contributed by atoms with Crippen LogP contribution >= 0.6 is 0 Å². The second-order valence-corrected chi connectivity index (χ2v) is 4.62. The molecule has 0 bridgehead atoms. The number of carbonyl (C=O) groups is 1. The number of hydrogen-bond acceptors (Lipinski definition) is 4. The Labute approximate surface area is 130 Å². The van der Waals surface area contributed by atoms with Gasteiger partial charge in [-0.15, -0.1) is 0 Å². The number of benzene rings is 1. The van der Waals surface area contributed by atoms with Gasteiger partial charge in [0.15, 0.2) is 0 Å². The van der Waals surface area contributed by atoms with Crippen LogP contribution in [0.4, 0.5) is 0 Å². The molecule has 0 radical (unpaired) electrons. The summed E-state index contributed by atoms with van der Waals surface area (Å²) in [6, 6.07) is 9.45. The van der Waals surface area contributed by atoms with E-state index in [0.717, 1.165) is 11.1 Å². The highest BCUT2D eigenvalue weighted by Crippen LogP contribution is 2.12. The molecule has 0 spiro atoms. The van der Waals surface area contributed by atoms with Crippen molar-refractivity contribution in [1.82, 2.24) is 4.90 Å². The van der Waals surface area contributed by atoms with E-state index in [2.05, 4.69) is 4.99 Å². The second kappa shape index (κ2) is 9.28. The summed E-state index contributed by atoms with van der Waals surface area (Å²) in [6.45, 7) is 5.27. The molecule has 1 aromatic rings. The van der Waals surface area contributed by atoms with Crippen LogP contribution < -0.4 is 0 Å². The maximum absolute atomic E-state index is 12.2. The zero-order chi connectivity index (χ0) is 16.4. The highest BCUT2D eigenvalue weighted by Gasteiger charge is 2.15. The Bertz CT molecular complexity index is 634. The molecule has 0 aliphatic heterocycles. The van der Waals surface area contributed by atoms with E-state index >= 15 is 0 Å². The largest absolute Gasteiger partial charge is 0.339 e. The van der Waals surface area contributed by atoms with Crippen molar-refractivity contribution in [3.05, 3.63) is 41.0 Å². The Morgan fingerprint density at radius 3 is 2.68 bits per heavy atom. The molecule has 0 aromatic heterocycles. The molecule has 1 rings (SSSR count). The SMILES string of the molecule is CCN(CC)C(=O)C(C#N)=Cc1cccc(CCN=C=O)c1. The molecule has 114 valence electrons. The van der Waals surface area contributed by atoms with E-state index in [-0.39, 0.29) is 11.5 Å². The van der Waals surface area contributed by atoms with Gasteiger partial charge in [-0.1, -0.05) is 24.3 Å². The summed E-state index contributed by atoms with van der Waals surface area (Å²) >= 11 is 0. The molecule has 0 saturated carbocycles. The van der Waals surface area contributed by atoms with Crippen molar-refractivity contribution in [1.29, 1.82) is 5.26 Å². The molecule has 5 nitrogen and oxygen atoms in total. The summed E-state index contributed by atoms with van der Waals surface area (Å²) in [5.41, 5.74) is 1.89. The topological polar surface area (TPSA) is 73.5 Å². The van der Waals surface area contributed by atoms with Gasteiger partial charge in [-0.2, -0.15) is 5.26 Å². The highest BCUT2D eigenvalue weighted by atomic mass is 16.2. The third-order valence-electron chi connectivity index (χ3n) is 3.24. The Kier molecular flexibility index (Phi) is 7.32. The molecule has 0 unspecified atom stereocenters. The van der Waals surface area contributed by atoms with Crippen molar-refractivity contribution >= 4 is 18.1 Å². The van der Waals surface area contributed by atoms with E-state index < -0.39 is 0 Å². The summed E-state index contributed by atoms with van der Waals surface area (Å²) in [6.07, 6.45) is 3.71. The fourth-order valence-corrected chi connectivity index (χ4v) is 2.06. The number of amides is 1. The molecule has 0 N–H and O–H groups in total. The van der Waals surface area contributed by atoms with Crippen LogP contribution in [0.15, 0.2) is 34.8 Å². The summed E-state index contributed by atoms with van der Waals surface area (Å²) in [5.74, 6) is -0.261. The van der Waals surface area contributed by atoms with Crippen LogP contribution in [0.2, 0.25) is 0 Å². The minimum atomic E-state index is -0.261. The minimum absolute atomic E-state index is 0.117. The van der Waals surface area contributed by atoms with Crippen LogP contribution in [0.25, 0.3) is 6.08 Å². The number of likely N-dealkylation sites (N-methyl/N-ethyl adjacent to an activating group) is 1. The second-order valence-electron chi connectivity index (χ2n) is 4.62. The van der Waals surface area contributed by atoms with Gasteiger partial charge in [-0.25, -0.2) is 9.79 Å². The summed E-state index contributed by atoms with van der Waals surface area (Å²) in [5, 5.41) is 9.22. The fourth-order valence-electron chi connectivity index (χ4n) is 2.06.